The molecular weight excluding hydrogens is 472 g/mol. The molecule has 0 aromatic heterocycles. The van der Waals surface area contributed by atoms with E-state index in [4.69, 9.17) is 11.6 Å². The van der Waals surface area contributed by atoms with Gasteiger partial charge >= 0.3 is 6.18 Å². The van der Waals surface area contributed by atoms with Crippen molar-refractivity contribution in [2.75, 3.05) is 31.9 Å². The van der Waals surface area contributed by atoms with Gasteiger partial charge in [-0.15, -0.1) is 0 Å². The summed E-state index contributed by atoms with van der Waals surface area (Å²) in [5, 5.41) is 13.8. The van der Waals surface area contributed by atoms with Crippen LogP contribution >= 0.6 is 11.6 Å². The summed E-state index contributed by atoms with van der Waals surface area (Å²) in [6.07, 6.45) is -4.54. The number of aryl methyl sites for hydroxylation is 1. The predicted octanol–water partition coefficient (Wildman–Crippen LogP) is 4.35. The van der Waals surface area contributed by atoms with Gasteiger partial charge in [0.15, 0.2) is 11.5 Å². The Bertz CT molecular complexity index is 1020. The van der Waals surface area contributed by atoms with Crippen molar-refractivity contribution in [1.29, 1.82) is 0 Å². The molecule has 174 valence electrons. The third kappa shape index (κ3) is 5.86. The third-order valence-corrected chi connectivity index (χ3v) is 7.08. The van der Waals surface area contributed by atoms with Crippen molar-refractivity contribution in [1.82, 2.24) is 9.55 Å². The molecule has 1 amide bonds. The zero-order valence-electron chi connectivity index (χ0n) is 17.1. The first-order chi connectivity index (χ1) is 14.9. The lowest BCUT2D eigenvalue weighted by molar-refractivity contribution is -0.131. The first kappa shape index (κ1) is 24.6. The minimum absolute atomic E-state index is 0.0597. The van der Waals surface area contributed by atoms with E-state index in [1.165, 1.54) is 11.8 Å². The first-order valence-electron chi connectivity index (χ1n) is 9.74. The van der Waals surface area contributed by atoms with Gasteiger partial charge in [0.2, 0.25) is 5.91 Å². The second-order valence-electron chi connectivity index (χ2n) is 7.69. The van der Waals surface area contributed by atoms with Crippen molar-refractivity contribution in [2.24, 2.45) is 0 Å². The molecule has 0 bridgehead atoms. The molecule has 5 nitrogen and oxygen atoms in total. The summed E-state index contributed by atoms with van der Waals surface area (Å²) < 4.78 is 63.6. The Morgan fingerprint density at radius 2 is 1.78 bits per heavy atom. The fraction of sp³-hybridized carbons (Fsp3) is 0.381. The summed E-state index contributed by atoms with van der Waals surface area (Å²) in [6.45, 7) is 1.13. The Balaban J connectivity index is 1.74. The van der Waals surface area contributed by atoms with Gasteiger partial charge in [0.05, 0.1) is 30.3 Å². The van der Waals surface area contributed by atoms with E-state index >= 15 is 0 Å². The number of carbonyl (C=O) groups excluding carboxylic acids is 1. The molecule has 1 saturated heterocycles. The van der Waals surface area contributed by atoms with E-state index in [1.54, 1.807) is 24.3 Å². The molecule has 0 saturated carbocycles. The number of piperazine rings is 1. The SMILES string of the molecule is Cc1cc(F)c([N+]2([O-])CCN(C(=O)Cc3ccc(Cl)cc3)CC2)cc1S(=O)CC(F)(F)F. The highest BCUT2D eigenvalue weighted by molar-refractivity contribution is 7.85. The number of alkyl halides is 3. The van der Waals surface area contributed by atoms with Gasteiger partial charge in [0.25, 0.3) is 0 Å². The number of hydrogen-bond acceptors (Lipinski definition) is 3. The molecule has 2 aromatic rings. The molecular formula is C21H21ClF4N2O3S. The average molecular weight is 493 g/mol. The number of benzene rings is 2. The molecule has 0 spiro atoms. The van der Waals surface area contributed by atoms with E-state index in [0.29, 0.717) is 5.02 Å². The lowest BCUT2D eigenvalue weighted by atomic mass is 10.1. The van der Waals surface area contributed by atoms with Gasteiger partial charge in [0, 0.05) is 16.0 Å². The molecule has 3 rings (SSSR count). The highest BCUT2D eigenvalue weighted by Crippen LogP contribution is 2.33. The quantitative estimate of drug-likeness (QED) is 0.354. The number of hydrogen-bond donors (Lipinski definition) is 0. The monoisotopic (exact) mass is 492 g/mol. The first-order valence-corrected chi connectivity index (χ1v) is 11.4. The molecule has 1 fully saturated rings. The molecule has 1 atom stereocenters. The van der Waals surface area contributed by atoms with Crippen molar-refractivity contribution in [3.8, 4) is 0 Å². The standard InChI is InChI=1S/C21H21ClF4N2O3S/c1-14-10-17(23)18(12-19(14)32(31)13-21(24,25)26)28(30)8-6-27(7-9-28)20(29)11-15-2-4-16(22)5-3-15/h2-5,10,12H,6-9,11,13H2,1H3. The Labute approximate surface area is 190 Å². The van der Waals surface area contributed by atoms with Crippen LogP contribution < -0.4 is 4.65 Å². The summed E-state index contributed by atoms with van der Waals surface area (Å²) in [5.74, 6) is -2.65. The molecule has 1 heterocycles. The van der Waals surface area contributed by atoms with Crippen LogP contribution in [0.25, 0.3) is 0 Å². The zero-order chi connectivity index (χ0) is 23.7. The predicted molar refractivity (Wildman–Crippen MR) is 115 cm³/mol. The fourth-order valence-corrected chi connectivity index (χ4v) is 4.83. The van der Waals surface area contributed by atoms with Crippen molar-refractivity contribution in [3.63, 3.8) is 0 Å². The Morgan fingerprint density at radius 1 is 1.19 bits per heavy atom. The van der Waals surface area contributed by atoms with Gasteiger partial charge in [-0.1, -0.05) is 23.7 Å². The van der Waals surface area contributed by atoms with Gasteiger partial charge in [0.1, 0.15) is 18.8 Å². The molecule has 0 radical (unpaired) electrons. The van der Waals surface area contributed by atoms with Crippen LogP contribution in [0.4, 0.5) is 23.2 Å². The van der Waals surface area contributed by atoms with Crippen LogP contribution in [-0.2, 0) is 22.0 Å². The van der Waals surface area contributed by atoms with E-state index in [2.05, 4.69) is 0 Å². The van der Waals surface area contributed by atoms with Gasteiger partial charge in [-0.25, -0.2) is 4.39 Å². The van der Waals surface area contributed by atoms with Gasteiger partial charge in [-0.3, -0.25) is 9.00 Å². The van der Waals surface area contributed by atoms with Gasteiger partial charge in [-0.05, 0) is 36.2 Å². The molecule has 1 aliphatic rings. The summed E-state index contributed by atoms with van der Waals surface area (Å²) >= 11 is 5.83. The fourth-order valence-electron chi connectivity index (χ4n) is 3.59. The number of quaternary nitrogens is 1. The van der Waals surface area contributed by atoms with E-state index < -0.39 is 33.2 Å². The molecule has 2 aromatic carbocycles. The second-order valence-corrected chi connectivity index (χ2v) is 9.55. The van der Waals surface area contributed by atoms with Crippen LogP contribution in [0.2, 0.25) is 5.02 Å². The summed E-state index contributed by atoms with van der Waals surface area (Å²) in [5.41, 5.74) is 0.470. The van der Waals surface area contributed by atoms with Gasteiger partial charge in [-0.2, -0.15) is 13.2 Å². The summed E-state index contributed by atoms with van der Waals surface area (Å²) in [6, 6.07) is 8.70. The van der Waals surface area contributed by atoms with Crippen LogP contribution in [0.1, 0.15) is 11.1 Å². The van der Waals surface area contributed by atoms with Crippen molar-refractivity contribution < 1.29 is 26.6 Å². The number of carbonyl (C=O) groups is 1. The van der Waals surface area contributed by atoms with Crippen molar-refractivity contribution >= 4 is 34.0 Å². The van der Waals surface area contributed by atoms with E-state index in [9.17, 15) is 31.8 Å². The van der Waals surface area contributed by atoms with E-state index in [0.717, 1.165) is 17.7 Å². The lowest BCUT2D eigenvalue weighted by Gasteiger charge is -2.47. The molecule has 32 heavy (non-hydrogen) atoms. The Hall–Kier alpha value is -2.01. The molecule has 1 unspecified atom stereocenters. The minimum atomic E-state index is -4.66. The van der Waals surface area contributed by atoms with Gasteiger partial charge < -0.3 is 14.8 Å². The molecule has 11 heteroatoms. The zero-order valence-corrected chi connectivity index (χ0v) is 18.7. The van der Waals surface area contributed by atoms with Crippen molar-refractivity contribution in [3.05, 3.63) is 63.6 Å². The summed E-state index contributed by atoms with van der Waals surface area (Å²) in [4.78, 5) is 13.8. The third-order valence-electron chi connectivity index (χ3n) is 5.31. The van der Waals surface area contributed by atoms with Crippen LogP contribution in [0, 0.1) is 17.9 Å². The number of halogens is 5. The largest absolute Gasteiger partial charge is 0.627 e. The lowest BCUT2D eigenvalue weighted by Crippen LogP contribution is -2.58. The molecule has 0 N–H and O–H groups in total. The van der Waals surface area contributed by atoms with Crippen LogP contribution in [0.5, 0.6) is 0 Å². The highest BCUT2D eigenvalue weighted by Gasteiger charge is 2.35. The minimum Gasteiger partial charge on any atom is -0.627 e. The Kier molecular flexibility index (Phi) is 7.28. The molecule has 0 aliphatic carbocycles. The topological polar surface area (TPSA) is 60.4 Å². The van der Waals surface area contributed by atoms with Crippen molar-refractivity contribution in [2.45, 2.75) is 24.4 Å². The molecule has 1 aliphatic heterocycles. The smallest absolute Gasteiger partial charge is 0.400 e. The maximum Gasteiger partial charge on any atom is 0.400 e. The van der Waals surface area contributed by atoms with Crippen LogP contribution in [0.3, 0.4) is 0 Å². The number of nitrogens with zero attached hydrogens (tertiary/aromatic N) is 2. The Morgan fingerprint density at radius 3 is 2.34 bits per heavy atom. The highest BCUT2D eigenvalue weighted by atomic mass is 35.5. The maximum absolute atomic E-state index is 14.6. The van der Waals surface area contributed by atoms with Crippen LogP contribution in [-0.4, -0.2) is 53.1 Å². The van der Waals surface area contributed by atoms with E-state index in [1.807, 2.05) is 0 Å². The maximum atomic E-state index is 14.6. The van der Waals surface area contributed by atoms with Crippen LogP contribution in [0.15, 0.2) is 41.3 Å². The second kappa shape index (κ2) is 9.46. The number of amides is 1. The summed E-state index contributed by atoms with van der Waals surface area (Å²) in [7, 11) is -2.46. The average Bonchev–Trinajstić information content (AvgIpc) is 2.68. The number of rotatable bonds is 5. The normalized spacial score (nSPS) is 17.3. The van der Waals surface area contributed by atoms with E-state index in [-0.39, 0.29) is 54.7 Å². The number of hydroxylamine groups is 2.